The molecule has 4 rings (SSSR count). The molecule has 1 aromatic carbocycles. The molecule has 0 saturated heterocycles. The summed E-state index contributed by atoms with van der Waals surface area (Å²) in [4.78, 5) is 20.3. The number of anilines is 1. The molecule has 9 nitrogen and oxygen atoms in total. The summed E-state index contributed by atoms with van der Waals surface area (Å²) in [6.07, 6.45) is 5.26. The van der Waals surface area contributed by atoms with Crippen LogP contribution >= 0.6 is 11.6 Å². The second-order valence-electron chi connectivity index (χ2n) is 6.29. The molecule has 4 aromatic rings. The van der Waals surface area contributed by atoms with Gasteiger partial charge in [-0.3, -0.25) is 9.48 Å². The van der Waals surface area contributed by atoms with E-state index in [1.54, 1.807) is 33.7 Å². The van der Waals surface area contributed by atoms with Gasteiger partial charge in [0.25, 0.3) is 0 Å². The van der Waals surface area contributed by atoms with Crippen LogP contribution in [0.25, 0.3) is 28.2 Å². The summed E-state index contributed by atoms with van der Waals surface area (Å²) in [5, 5.41) is 21.1. The van der Waals surface area contributed by atoms with Gasteiger partial charge in [-0.2, -0.15) is 10.1 Å². The highest BCUT2D eigenvalue weighted by Crippen LogP contribution is 2.27. The summed E-state index contributed by atoms with van der Waals surface area (Å²) in [7, 11) is 1.81. The molecule has 0 aliphatic rings. The predicted molar refractivity (Wildman–Crippen MR) is 104 cm³/mol. The van der Waals surface area contributed by atoms with Gasteiger partial charge in [-0.1, -0.05) is 23.7 Å². The summed E-state index contributed by atoms with van der Waals surface area (Å²) in [6.45, 7) is 1.52. The number of carbonyl (C=O) groups is 1. The average molecular weight is 398 g/mol. The molecule has 2 N–H and O–H groups in total. The summed E-state index contributed by atoms with van der Waals surface area (Å²) < 4.78 is 3.25. The topological polar surface area (TPSA) is 110 Å². The van der Waals surface area contributed by atoms with Gasteiger partial charge in [0.05, 0.1) is 18.1 Å². The van der Waals surface area contributed by atoms with Crippen LogP contribution in [0.4, 0.5) is 5.95 Å². The van der Waals surface area contributed by atoms with E-state index in [0.717, 1.165) is 11.1 Å². The molecular formula is C18H16ClN7O2. The van der Waals surface area contributed by atoms with E-state index in [-0.39, 0.29) is 5.95 Å². The minimum absolute atomic E-state index is 0.204. The Hall–Kier alpha value is -3.46. The number of aryl methyl sites for hydroxylation is 1. The van der Waals surface area contributed by atoms with Gasteiger partial charge in [0, 0.05) is 29.4 Å². The molecule has 0 aliphatic heterocycles. The summed E-state index contributed by atoms with van der Waals surface area (Å²) in [5.41, 5.74) is 3.38. The first-order valence-corrected chi connectivity index (χ1v) is 8.80. The Morgan fingerprint density at radius 2 is 1.93 bits per heavy atom. The Labute approximate surface area is 164 Å². The summed E-state index contributed by atoms with van der Waals surface area (Å²) in [6, 6.07) is 6.48. The maximum absolute atomic E-state index is 11.1. The number of rotatable bonds is 5. The summed E-state index contributed by atoms with van der Waals surface area (Å²) in [5.74, 6) is -0.790. The van der Waals surface area contributed by atoms with Crippen LogP contribution in [0.1, 0.15) is 6.92 Å². The number of aliphatic carboxylic acids is 1. The fraction of sp³-hybridized carbons (Fsp3) is 0.167. The van der Waals surface area contributed by atoms with Crippen molar-refractivity contribution in [2.24, 2.45) is 7.05 Å². The number of nitrogens with zero attached hydrogens (tertiary/aromatic N) is 6. The number of fused-ring (bicyclic) bond motifs is 1. The van der Waals surface area contributed by atoms with Crippen LogP contribution in [-0.2, 0) is 11.8 Å². The SMILES string of the molecule is CC(Nc1nc2c(-c3cnn(C)c3)nc(-c3ccc(Cl)cc3)cn2n1)C(=O)O. The van der Waals surface area contributed by atoms with Crippen LogP contribution in [-0.4, -0.2) is 46.5 Å². The number of halogens is 1. The van der Waals surface area contributed by atoms with Crippen molar-refractivity contribution in [3.63, 3.8) is 0 Å². The molecule has 0 spiro atoms. The van der Waals surface area contributed by atoms with E-state index in [1.807, 2.05) is 25.4 Å². The maximum atomic E-state index is 11.1. The largest absolute Gasteiger partial charge is 0.480 e. The van der Waals surface area contributed by atoms with Crippen molar-refractivity contribution in [2.75, 3.05) is 5.32 Å². The zero-order valence-corrected chi connectivity index (χ0v) is 15.8. The first-order chi connectivity index (χ1) is 13.4. The van der Waals surface area contributed by atoms with Gasteiger partial charge < -0.3 is 10.4 Å². The lowest BCUT2D eigenvalue weighted by atomic mass is 10.1. The van der Waals surface area contributed by atoms with Gasteiger partial charge >= 0.3 is 5.97 Å². The Morgan fingerprint density at radius 1 is 1.18 bits per heavy atom. The number of hydrogen-bond acceptors (Lipinski definition) is 6. The van der Waals surface area contributed by atoms with E-state index in [9.17, 15) is 4.79 Å². The Kier molecular flexibility index (Phi) is 4.44. The molecule has 0 radical (unpaired) electrons. The number of nitrogens with one attached hydrogen (secondary N) is 1. The third-order valence-corrected chi connectivity index (χ3v) is 4.41. The Balaban J connectivity index is 1.88. The molecule has 0 aliphatic carbocycles. The van der Waals surface area contributed by atoms with Crippen LogP contribution in [0.2, 0.25) is 5.02 Å². The van der Waals surface area contributed by atoms with Gasteiger partial charge in [-0.05, 0) is 19.1 Å². The van der Waals surface area contributed by atoms with Crippen molar-refractivity contribution in [1.29, 1.82) is 0 Å². The van der Waals surface area contributed by atoms with E-state index in [0.29, 0.717) is 22.1 Å². The third-order valence-electron chi connectivity index (χ3n) is 4.15. The fourth-order valence-electron chi connectivity index (χ4n) is 2.70. The highest BCUT2D eigenvalue weighted by Gasteiger charge is 2.18. The monoisotopic (exact) mass is 397 g/mol. The number of hydrogen-bond donors (Lipinski definition) is 2. The normalized spacial score (nSPS) is 12.2. The molecule has 3 aromatic heterocycles. The molecule has 1 atom stereocenters. The predicted octanol–water partition coefficient (Wildman–Crippen LogP) is 2.73. The molecule has 0 fully saturated rings. The zero-order chi connectivity index (χ0) is 19.8. The number of aromatic nitrogens is 6. The quantitative estimate of drug-likeness (QED) is 0.532. The van der Waals surface area contributed by atoms with Gasteiger partial charge in [0.1, 0.15) is 11.7 Å². The molecular weight excluding hydrogens is 382 g/mol. The molecule has 3 heterocycles. The van der Waals surface area contributed by atoms with Crippen molar-refractivity contribution in [2.45, 2.75) is 13.0 Å². The highest BCUT2D eigenvalue weighted by atomic mass is 35.5. The van der Waals surface area contributed by atoms with Gasteiger partial charge in [-0.15, -0.1) is 5.10 Å². The van der Waals surface area contributed by atoms with Crippen LogP contribution < -0.4 is 5.32 Å². The molecule has 10 heteroatoms. The fourth-order valence-corrected chi connectivity index (χ4v) is 2.83. The first-order valence-electron chi connectivity index (χ1n) is 8.42. The lowest BCUT2D eigenvalue weighted by Crippen LogP contribution is -2.25. The third kappa shape index (κ3) is 3.39. The Morgan fingerprint density at radius 3 is 2.57 bits per heavy atom. The van der Waals surface area contributed by atoms with Crippen LogP contribution in [0.15, 0.2) is 42.9 Å². The lowest BCUT2D eigenvalue weighted by Gasteiger charge is -2.05. The minimum Gasteiger partial charge on any atom is -0.480 e. The van der Waals surface area contributed by atoms with Gasteiger partial charge in [-0.25, -0.2) is 9.50 Å². The van der Waals surface area contributed by atoms with E-state index >= 15 is 0 Å². The molecule has 0 saturated carbocycles. The zero-order valence-electron chi connectivity index (χ0n) is 15.0. The van der Waals surface area contributed by atoms with Crippen molar-refractivity contribution in [1.82, 2.24) is 29.4 Å². The van der Waals surface area contributed by atoms with E-state index in [2.05, 4.69) is 20.5 Å². The number of benzene rings is 1. The second kappa shape index (κ2) is 6.93. The lowest BCUT2D eigenvalue weighted by molar-refractivity contribution is -0.137. The molecule has 142 valence electrons. The molecule has 0 bridgehead atoms. The number of carboxylic acids is 1. The van der Waals surface area contributed by atoms with Crippen LogP contribution in [0.5, 0.6) is 0 Å². The Bertz CT molecular complexity index is 1170. The first kappa shape index (κ1) is 17.9. The molecule has 0 amide bonds. The number of carboxylic acid groups (broad SMARTS) is 1. The standard InChI is InChI=1S/C18H16ClN7O2/c1-10(17(27)28)21-18-23-16-15(12-7-20-25(2)8-12)22-14(9-26(16)24-18)11-3-5-13(19)6-4-11/h3-10H,1-2H3,(H,21,24)(H,27,28). The van der Waals surface area contributed by atoms with Crippen LogP contribution in [0, 0.1) is 0 Å². The average Bonchev–Trinajstić information content (AvgIpc) is 3.27. The van der Waals surface area contributed by atoms with Crippen molar-refractivity contribution in [3.05, 3.63) is 47.9 Å². The van der Waals surface area contributed by atoms with Gasteiger partial charge in [0.15, 0.2) is 5.65 Å². The van der Waals surface area contributed by atoms with Crippen molar-refractivity contribution >= 4 is 29.2 Å². The van der Waals surface area contributed by atoms with E-state index < -0.39 is 12.0 Å². The highest BCUT2D eigenvalue weighted by molar-refractivity contribution is 6.30. The van der Waals surface area contributed by atoms with E-state index in [4.69, 9.17) is 21.7 Å². The minimum atomic E-state index is -0.994. The molecule has 28 heavy (non-hydrogen) atoms. The maximum Gasteiger partial charge on any atom is 0.325 e. The van der Waals surface area contributed by atoms with Gasteiger partial charge in [0.2, 0.25) is 5.95 Å². The smallest absolute Gasteiger partial charge is 0.325 e. The molecule has 1 unspecified atom stereocenters. The van der Waals surface area contributed by atoms with Crippen LogP contribution in [0.3, 0.4) is 0 Å². The summed E-state index contributed by atoms with van der Waals surface area (Å²) >= 11 is 5.99. The second-order valence-corrected chi connectivity index (χ2v) is 6.73. The van der Waals surface area contributed by atoms with E-state index in [1.165, 1.54) is 6.92 Å². The van der Waals surface area contributed by atoms with Crippen molar-refractivity contribution in [3.8, 4) is 22.5 Å². The van der Waals surface area contributed by atoms with Crippen molar-refractivity contribution < 1.29 is 9.90 Å².